The number of hydrogen-bond acceptors (Lipinski definition) is 5. The molecule has 6 nitrogen and oxygen atoms in total. The van der Waals surface area contributed by atoms with E-state index in [2.05, 4.69) is 9.97 Å². The van der Waals surface area contributed by atoms with Crippen molar-refractivity contribution in [2.45, 2.75) is 0 Å². The molecule has 1 heterocycles. The molecule has 0 aliphatic rings. The predicted molar refractivity (Wildman–Crippen MR) is 61.8 cm³/mol. The highest BCUT2D eigenvalue weighted by Gasteiger charge is 2.09. The van der Waals surface area contributed by atoms with Crippen LogP contribution in [-0.2, 0) is 0 Å². The van der Waals surface area contributed by atoms with E-state index in [-0.39, 0.29) is 17.1 Å². The maximum Gasteiger partial charge on any atom is 0.252 e. The second-order valence-electron chi connectivity index (χ2n) is 3.31. The zero-order chi connectivity index (χ0) is 13.0. The number of amides is 1. The molecular formula is C12H8N4O2. The smallest absolute Gasteiger partial charge is 0.252 e. The summed E-state index contributed by atoms with van der Waals surface area (Å²) in [6, 6.07) is 8.38. The maximum atomic E-state index is 11.2. The van der Waals surface area contributed by atoms with Gasteiger partial charge in [0.1, 0.15) is 11.8 Å². The highest BCUT2D eigenvalue weighted by atomic mass is 16.5. The first-order chi connectivity index (χ1) is 8.70. The fourth-order valence-corrected chi connectivity index (χ4v) is 1.30. The monoisotopic (exact) mass is 240 g/mol. The number of primary amides is 1. The number of nitrogens with two attached hydrogens (primary N) is 1. The van der Waals surface area contributed by atoms with Crippen LogP contribution in [0.3, 0.4) is 0 Å². The topological polar surface area (TPSA) is 102 Å². The molecule has 0 unspecified atom stereocenters. The molecule has 0 saturated heterocycles. The van der Waals surface area contributed by atoms with Gasteiger partial charge in [0.15, 0.2) is 5.69 Å². The molecule has 0 aliphatic heterocycles. The number of ether oxygens (including phenoxy) is 1. The van der Waals surface area contributed by atoms with Crippen LogP contribution in [0, 0.1) is 11.3 Å². The third-order valence-electron chi connectivity index (χ3n) is 2.11. The summed E-state index contributed by atoms with van der Waals surface area (Å²) >= 11 is 0. The Morgan fingerprint density at radius 2 is 2.06 bits per heavy atom. The molecule has 2 N–H and O–H groups in total. The van der Waals surface area contributed by atoms with Gasteiger partial charge in [-0.1, -0.05) is 12.1 Å². The third-order valence-corrected chi connectivity index (χ3v) is 2.11. The van der Waals surface area contributed by atoms with E-state index in [0.29, 0.717) is 5.75 Å². The molecule has 18 heavy (non-hydrogen) atoms. The van der Waals surface area contributed by atoms with E-state index in [1.165, 1.54) is 12.4 Å². The van der Waals surface area contributed by atoms with Crippen molar-refractivity contribution in [2.24, 2.45) is 5.73 Å². The summed E-state index contributed by atoms with van der Waals surface area (Å²) in [6.45, 7) is 0. The number of carbonyl (C=O) groups excluding carboxylic acids is 1. The zero-order valence-corrected chi connectivity index (χ0v) is 9.20. The van der Waals surface area contributed by atoms with Crippen molar-refractivity contribution in [3.05, 3.63) is 47.9 Å². The zero-order valence-electron chi connectivity index (χ0n) is 9.20. The van der Waals surface area contributed by atoms with E-state index in [1.807, 2.05) is 6.07 Å². The van der Waals surface area contributed by atoms with E-state index in [0.717, 1.165) is 0 Å². The van der Waals surface area contributed by atoms with E-state index in [1.54, 1.807) is 24.3 Å². The Bertz CT molecular complexity index is 617. The van der Waals surface area contributed by atoms with E-state index >= 15 is 0 Å². The van der Waals surface area contributed by atoms with Crippen LogP contribution in [0.1, 0.15) is 16.1 Å². The summed E-state index contributed by atoms with van der Waals surface area (Å²) < 4.78 is 5.39. The van der Waals surface area contributed by atoms with Gasteiger partial charge >= 0.3 is 0 Å². The molecular weight excluding hydrogens is 232 g/mol. The average molecular weight is 240 g/mol. The first-order valence-electron chi connectivity index (χ1n) is 4.99. The first-order valence-corrected chi connectivity index (χ1v) is 4.99. The van der Waals surface area contributed by atoms with Crippen LogP contribution in [0.15, 0.2) is 36.7 Å². The Morgan fingerprint density at radius 1 is 1.28 bits per heavy atom. The molecule has 0 spiro atoms. The summed E-state index contributed by atoms with van der Waals surface area (Å²) in [5, 5.41) is 8.58. The van der Waals surface area contributed by atoms with E-state index in [4.69, 9.17) is 15.7 Å². The van der Waals surface area contributed by atoms with Crippen molar-refractivity contribution in [2.75, 3.05) is 0 Å². The van der Waals surface area contributed by atoms with Crippen molar-refractivity contribution in [1.82, 2.24) is 9.97 Å². The Labute approximate surface area is 103 Å². The SMILES string of the molecule is N#Cc1cnc(Oc2ccccc2C(N)=O)cn1. The summed E-state index contributed by atoms with van der Waals surface area (Å²) in [7, 11) is 0. The van der Waals surface area contributed by atoms with Gasteiger partial charge in [-0.15, -0.1) is 0 Å². The fourth-order valence-electron chi connectivity index (χ4n) is 1.30. The lowest BCUT2D eigenvalue weighted by Crippen LogP contribution is -2.12. The van der Waals surface area contributed by atoms with Crippen LogP contribution in [0.2, 0.25) is 0 Å². The molecule has 6 heteroatoms. The first kappa shape index (κ1) is 11.5. The largest absolute Gasteiger partial charge is 0.437 e. The van der Waals surface area contributed by atoms with Crippen LogP contribution in [0.25, 0.3) is 0 Å². The number of para-hydroxylation sites is 1. The quantitative estimate of drug-likeness (QED) is 0.869. The van der Waals surface area contributed by atoms with Gasteiger partial charge in [0.05, 0.1) is 18.0 Å². The number of rotatable bonds is 3. The van der Waals surface area contributed by atoms with E-state index < -0.39 is 5.91 Å². The number of hydrogen-bond donors (Lipinski definition) is 1. The Kier molecular flexibility index (Phi) is 3.16. The van der Waals surface area contributed by atoms with Crippen molar-refractivity contribution >= 4 is 5.91 Å². The summed E-state index contributed by atoms with van der Waals surface area (Å²) in [5.74, 6) is -0.112. The Hall–Kier alpha value is -2.94. The number of nitriles is 1. The molecule has 1 amide bonds. The minimum atomic E-state index is -0.591. The van der Waals surface area contributed by atoms with Gasteiger partial charge in [-0.25, -0.2) is 9.97 Å². The number of benzene rings is 1. The molecule has 88 valence electrons. The van der Waals surface area contributed by atoms with Gasteiger partial charge < -0.3 is 10.5 Å². The molecule has 0 fully saturated rings. The average Bonchev–Trinajstić information content (AvgIpc) is 2.40. The lowest BCUT2D eigenvalue weighted by Gasteiger charge is -2.07. The molecule has 1 aromatic heterocycles. The highest BCUT2D eigenvalue weighted by molar-refractivity contribution is 5.95. The van der Waals surface area contributed by atoms with Gasteiger partial charge in [-0.2, -0.15) is 5.26 Å². The lowest BCUT2D eigenvalue weighted by atomic mass is 10.2. The minimum absolute atomic E-state index is 0.183. The molecule has 2 rings (SSSR count). The van der Waals surface area contributed by atoms with Crippen LogP contribution in [-0.4, -0.2) is 15.9 Å². The van der Waals surface area contributed by atoms with Crippen LogP contribution >= 0.6 is 0 Å². The summed E-state index contributed by atoms with van der Waals surface area (Å²) in [4.78, 5) is 18.9. The predicted octanol–water partition coefficient (Wildman–Crippen LogP) is 1.24. The minimum Gasteiger partial charge on any atom is -0.437 e. The van der Waals surface area contributed by atoms with Gasteiger partial charge in [0, 0.05) is 0 Å². The van der Waals surface area contributed by atoms with Crippen LogP contribution in [0.4, 0.5) is 0 Å². The third kappa shape index (κ3) is 2.41. The van der Waals surface area contributed by atoms with E-state index in [9.17, 15) is 4.79 Å². The van der Waals surface area contributed by atoms with Gasteiger partial charge in [0.25, 0.3) is 5.91 Å². The van der Waals surface area contributed by atoms with Gasteiger partial charge in [-0.3, -0.25) is 4.79 Å². The van der Waals surface area contributed by atoms with Gasteiger partial charge in [-0.05, 0) is 12.1 Å². The van der Waals surface area contributed by atoms with Crippen molar-refractivity contribution < 1.29 is 9.53 Å². The highest BCUT2D eigenvalue weighted by Crippen LogP contribution is 2.22. The van der Waals surface area contributed by atoms with Crippen LogP contribution < -0.4 is 10.5 Å². The second kappa shape index (κ2) is 4.93. The molecule has 1 aromatic carbocycles. The molecule has 0 aliphatic carbocycles. The number of nitrogens with zero attached hydrogens (tertiary/aromatic N) is 3. The summed E-state index contributed by atoms with van der Waals surface area (Å²) in [6.07, 6.45) is 2.58. The summed E-state index contributed by atoms with van der Waals surface area (Å²) in [5.41, 5.74) is 5.65. The second-order valence-corrected chi connectivity index (χ2v) is 3.31. The van der Waals surface area contributed by atoms with Crippen LogP contribution in [0.5, 0.6) is 11.6 Å². The molecule has 0 atom stereocenters. The number of carbonyl (C=O) groups is 1. The van der Waals surface area contributed by atoms with Crippen molar-refractivity contribution in [3.63, 3.8) is 0 Å². The normalized spacial score (nSPS) is 9.50. The van der Waals surface area contributed by atoms with Crippen molar-refractivity contribution in [1.29, 1.82) is 5.26 Å². The number of aromatic nitrogens is 2. The van der Waals surface area contributed by atoms with Crippen molar-refractivity contribution in [3.8, 4) is 17.7 Å². The molecule has 0 saturated carbocycles. The van der Waals surface area contributed by atoms with Gasteiger partial charge in [0.2, 0.25) is 5.88 Å². The Balaban J connectivity index is 2.28. The molecule has 0 radical (unpaired) electrons. The lowest BCUT2D eigenvalue weighted by molar-refractivity contribution is 0.0998. The fraction of sp³-hybridized carbons (Fsp3) is 0. The standard InChI is InChI=1S/C12H8N4O2/c13-5-8-6-16-11(7-15-8)18-10-4-2-1-3-9(10)12(14)17/h1-4,6-7H,(H2,14,17). The molecule has 2 aromatic rings. The molecule has 0 bridgehead atoms. The maximum absolute atomic E-state index is 11.2. The Morgan fingerprint density at radius 3 is 2.67 bits per heavy atom.